The van der Waals surface area contributed by atoms with Gasteiger partial charge in [0.25, 0.3) is 0 Å². The van der Waals surface area contributed by atoms with Crippen molar-refractivity contribution in [1.82, 2.24) is 0 Å². The first kappa shape index (κ1) is 15.7. The van der Waals surface area contributed by atoms with Gasteiger partial charge in [-0.3, -0.25) is 0 Å². The van der Waals surface area contributed by atoms with Crippen molar-refractivity contribution in [2.45, 2.75) is 19.1 Å². The van der Waals surface area contributed by atoms with Crippen LogP contribution in [0.5, 0.6) is 11.5 Å². The second kappa shape index (κ2) is 6.50. The lowest BCUT2D eigenvalue weighted by Crippen LogP contribution is -2.83. The largest absolute Gasteiger partial charge is 0.454 e. The topological polar surface area (TPSA) is 35.1 Å². The van der Waals surface area contributed by atoms with Crippen LogP contribution in [-0.2, 0) is 19.1 Å². The van der Waals surface area contributed by atoms with Crippen LogP contribution in [0.1, 0.15) is 16.7 Å². The van der Waals surface area contributed by atoms with E-state index in [-0.39, 0.29) is 6.79 Å². The molecule has 23 heavy (non-hydrogen) atoms. The Hall–Kier alpha value is -2.21. The lowest BCUT2D eigenvalue weighted by atomic mass is 10.1. The smallest absolute Gasteiger partial charge is 0.416 e. The van der Waals surface area contributed by atoms with Crippen LogP contribution in [0.2, 0.25) is 0 Å². The summed E-state index contributed by atoms with van der Waals surface area (Å²) in [6, 6.07) is 11.3. The van der Waals surface area contributed by atoms with Crippen molar-refractivity contribution in [3.63, 3.8) is 0 Å². The van der Waals surface area contributed by atoms with E-state index in [1.54, 1.807) is 6.07 Å². The molecule has 1 aliphatic rings. The molecule has 3 rings (SSSR count). The van der Waals surface area contributed by atoms with Gasteiger partial charge in [0, 0.05) is 12.0 Å². The van der Waals surface area contributed by atoms with Crippen LogP contribution in [0.3, 0.4) is 0 Å². The molecule has 0 fully saturated rings. The summed E-state index contributed by atoms with van der Waals surface area (Å²) in [5.74, 6) is 1.50. The molecular weight excluding hydrogens is 307 g/mol. The van der Waals surface area contributed by atoms with Crippen molar-refractivity contribution >= 4 is 0 Å². The van der Waals surface area contributed by atoms with Gasteiger partial charge in [-0.1, -0.05) is 18.2 Å². The van der Waals surface area contributed by atoms with Gasteiger partial charge in [-0.2, -0.15) is 13.2 Å². The SMILES string of the molecule is FC(F)(F)c1cccc(C[NH2+]CCc2ccc3c(c2)OCO3)c1. The average molecular weight is 324 g/mol. The normalized spacial score (nSPS) is 13.3. The average Bonchev–Trinajstić information content (AvgIpc) is 2.99. The highest BCUT2D eigenvalue weighted by molar-refractivity contribution is 5.44. The zero-order valence-corrected chi connectivity index (χ0v) is 12.4. The maximum Gasteiger partial charge on any atom is 0.416 e. The van der Waals surface area contributed by atoms with Crippen molar-refractivity contribution in [3.8, 4) is 11.5 Å². The molecular formula is C17H17F3NO2+. The second-order valence-corrected chi connectivity index (χ2v) is 5.42. The number of hydrogen-bond donors (Lipinski definition) is 1. The highest BCUT2D eigenvalue weighted by Gasteiger charge is 2.30. The second-order valence-electron chi connectivity index (χ2n) is 5.42. The standard InChI is InChI=1S/C17H16F3NO2/c18-17(19,20)14-3-1-2-13(8-14)10-21-7-6-12-4-5-15-16(9-12)23-11-22-15/h1-5,8-9,21H,6-7,10-11H2/p+1. The van der Waals surface area contributed by atoms with Crippen molar-refractivity contribution in [3.05, 3.63) is 59.2 Å². The zero-order chi connectivity index (χ0) is 16.3. The van der Waals surface area contributed by atoms with Gasteiger partial charge < -0.3 is 14.8 Å². The van der Waals surface area contributed by atoms with Gasteiger partial charge in [-0.25, -0.2) is 0 Å². The third kappa shape index (κ3) is 3.96. The van der Waals surface area contributed by atoms with Crippen LogP contribution in [0.25, 0.3) is 0 Å². The van der Waals surface area contributed by atoms with Crippen LogP contribution in [0.4, 0.5) is 13.2 Å². The van der Waals surface area contributed by atoms with Gasteiger partial charge in [0.15, 0.2) is 11.5 Å². The lowest BCUT2D eigenvalue weighted by molar-refractivity contribution is -0.670. The number of ether oxygens (including phenoxy) is 2. The molecule has 0 spiro atoms. The molecule has 0 saturated heterocycles. The molecule has 2 N–H and O–H groups in total. The Labute approximate surface area is 132 Å². The van der Waals surface area contributed by atoms with Gasteiger partial charge in [-0.05, 0) is 29.8 Å². The molecule has 122 valence electrons. The highest BCUT2D eigenvalue weighted by atomic mass is 19.4. The molecule has 1 heterocycles. The van der Waals surface area contributed by atoms with E-state index in [1.807, 2.05) is 23.5 Å². The molecule has 0 unspecified atom stereocenters. The van der Waals surface area contributed by atoms with Crippen molar-refractivity contribution in [2.75, 3.05) is 13.3 Å². The van der Waals surface area contributed by atoms with Gasteiger partial charge in [0.1, 0.15) is 6.54 Å². The minimum Gasteiger partial charge on any atom is -0.454 e. The molecule has 2 aromatic carbocycles. The molecule has 0 aromatic heterocycles. The number of halogens is 3. The molecule has 0 saturated carbocycles. The number of rotatable bonds is 5. The summed E-state index contributed by atoms with van der Waals surface area (Å²) in [6.45, 7) is 1.56. The minimum absolute atomic E-state index is 0.250. The summed E-state index contributed by atoms with van der Waals surface area (Å²) in [5.41, 5.74) is 1.19. The number of fused-ring (bicyclic) bond motifs is 1. The number of nitrogens with two attached hydrogens (primary N) is 1. The monoisotopic (exact) mass is 324 g/mol. The van der Waals surface area contributed by atoms with Gasteiger partial charge >= 0.3 is 6.18 Å². The molecule has 2 aromatic rings. The number of quaternary nitrogens is 1. The third-order valence-corrected chi connectivity index (χ3v) is 3.71. The van der Waals surface area contributed by atoms with Crippen molar-refractivity contribution in [1.29, 1.82) is 0 Å². The van der Waals surface area contributed by atoms with Crippen LogP contribution < -0.4 is 14.8 Å². The summed E-state index contributed by atoms with van der Waals surface area (Å²) >= 11 is 0. The third-order valence-electron chi connectivity index (χ3n) is 3.71. The first-order valence-electron chi connectivity index (χ1n) is 7.39. The summed E-state index contributed by atoms with van der Waals surface area (Å²) in [6.07, 6.45) is -3.47. The van der Waals surface area contributed by atoms with Crippen LogP contribution in [-0.4, -0.2) is 13.3 Å². The summed E-state index contributed by atoms with van der Waals surface area (Å²) in [4.78, 5) is 0. The Morgan fingerprint density at radius 1 is 0.957 bits per heavy atom. The fourth-order valence-corrected chi connectivity index (χ4v) is 2.51. The maximum absolute atomic E-state index is 12.7. The number of hydrogen-bond acceptors (Lipinski definition) is 2. The zero-order valence-electron chi connectivity index (χ0n) is 12.4. The van der Waals surface area contributed by atoms with E-state index in [1.165, 1.54) is 12.1 Å². The van der Waals surface area contributed by atoms with Crippen LogP contribution in [0, 0.1) is 0 Å². The van der Waals surface area contributed by atoms with Gasteiger partial charge in [0.2, 0.25) is 6.79 Å². The van der Waals surface area contributed by atoms with E-state index < -0.39 is 11.7 Å². The molecule has 0 radical (unpaired) electrons. The Morgan fingerprint density at radius 2 is 1.78 bits per heavy atom. The summed E-state index contributed by atoms with van der Waals surface area (Å²) in [7, 11) is 0. The quantitative estimate of drug-likeness (QED) is 0.859. The molecule has 0 atom stereocenters. The Kier molecular flexibility index (Phi) is 4.43. The van der Waals surface area contributed by atoms with Gasteiger partial charge in [0.05, 0.1) is 12.1 Å². The predicted molar refractivity (Wildman–Crippen MR) is 78.2 cm³/mol. The minimum atomic E-state index is -4.29. The molecule has 1 aliphatic heterocycles. The fraction of sp³-hybridized carbons (Fsp3) is 0.294. The summed E-state index contributed by atoms with van der Waals surface area (Å²) < 4.78 is 48.5. The van der Waals surface area contributed by atoms with E-state index in [0.29, 0.717) is 12.1 Å². The first-order chi connectivity index (χ1) is 11.0. The molecule has 0 bridgehead atoms. The molecule has 6 heteroatoms. The first-order valence-corrected chi connectivity index (χ1v) is 7.39. The Morgan fingerprint density at radius 3 is 2.61 bits per heavy atom. The Balaban J connectivity index is 1.50. The van der Waals surface area contributed by atoms with Crippen LogP contribution in [0.15, 0.2) is 42.5 Å². The summed E-state index contributed by atoms with van der Waals surface area (Å²) in [5, 5.41) is 2.00. The van der Waals surface area contributed by atoms with Crippen molar-refractivity contribution in [2.24, 2.45) is 0 Å². The number of benzene rings is 2. The van der Waals surface area contributed by atoms with Crippen LogP contribution >= 0.6 is 0 Å². The lowest BCUT2D eigenvalue weighted by Gasteiger charge is -2.08. The van der Waals surface area contributed by atoms with E-state index in [4.69, 9.17) is 9.47 Å². The van der Waals surface area contributed by atoms with Crippen molar-refractivity contribution < 1.29 is 28.0 Å². The molecule has 0 amide bonds. The van der Waals surface area contributed by atoms with E-state index in [0.717, 1.165) is 36.1 Å². The maximum atomic E-state index is 12.7. The molecule has 0 aliphatic carbocycles. The van der Waals surface area contributed by atoms with E-state index in [2.05, 4.69) is 0 Å². The predicted octanol–water partition coefficient (Wildman–Crippen LogP) is 2.74. The van der Waals surface area contributed by atoms with E-state index >= 15 is 0 Å². The number of alkyl halides is 3. The molecule has 3 nitrogen and oxygen atoms in total. The van der Waals surface area contributed by atoms with Gasteiger partial charge in [-0.15, -0.1) is 0 Å². The fourth-order valence-electron chi connectivity index (χ4n) is 2.51. The highest BCUT2D eigenvalue weighted by Crippen LogP contribution is 2.32. The Bertz CT molecular complexity index is 686. The van der Waals surface area contributed by atoms with E-state index in [9.17, 15) is 13.2 Å².